The monoisotopic (exact) mass is 208 g/mol. The SMILES string of the molecule is Cc1nc2c(C(=O)O)cc(N)cc2s1. The fourth-order valence-electron chi connectivity index (χ4n) is 1.32. The molecule has 2 rings (SSSR count). The van der Waals surface area contributed by atoms with Crippen molar-refractivity contribution in [3.05, 3.63) is 22.7 Å². The van der Waals surface area contributed by atoms with Crippen molar-refractivity contribution in [2.75, 3.05) is 5.73 Å². The molecule has 0 radical (unpaired) electrons. The highest BCUT2D eigenvalue weighted by Gasteiger charge is 2.12. The van der Waals surface area contributed by atoms with Gasteiger partial charge in [-0.2, -0.15) is 0 Å². The van der Waals surface area contributed by atoms with Gasteiger partial charge >= 0.3 is 5.97 Å². The number of carboxylic acid groups (broad SMARTS) is 1. The van der Waals surface area contributed by atoms with Crippen LogP contribution in [0.5, 0.6) is 0 Å². The lowest BCUT2D eigenvalue weighted by molar-refractivity contribution is 0.0699. The smallest absolute Gasteiger partial charge is 0.338 e. The summed E-state index contributed by atoms with van der Waals surface area (Å²) < 4.78 is 0.819. The maximum Gasteiger partial charge on any atom is 0.338 e. The van der Waals surface area contributed by atoms with E-state index in [0.29, 0.717) is 11.2 Å². The Morgan fingerprint density at radius 2 is 2.29 bits per heavy atom. The molecule has 72 valence electrons. The Balaban J connectivity index is 2.85. The molecule has 1 aromatic heterocycles. The van der Waals surface area contributed by atoms with Gasteiger partial charge in [-0.3, -0.25) is 0 Å². The fraction of sp³-hybridized carbons (Fsp3) is 0.111. The van der Waals surface area contributed by atoms with Crippen molar-refractivity contribution in [1.29, 1.82) is 0 Å². The third-order valence-corrected chi connectivity index (χ3v) is 2.77. The van der Waals surface area contributed by atoms with Crippen LogP contribution in [0.3, 0.4) is 0 Å². The van der Waals surface area contributed by atoms with Crippen LogP contribution in [0.4, 0.5) is 5.69 Å². The summed E-state index contributed by atoms with van der Waals surface area (Å²) >= 11 is 1.44. The van der Waals surface area contributed by atoms with E-state index >= 15 is 0 Å². The first-order chi connectivity index (χ1) is 6.58. The average molecular weight is 208 g/mol. The molecule has 4 nitrogen and oxygen atoms in total. The van der Waals surface area contributed by atoms with Crippen molar-refractivity contribution in [3.8, 4) is 0 Å². The zero-order valence-electron chi connectivity index (χ0n) is 7.44. The maximum atomic E-state index is 10.9. The number of nitrogens with zero attached hydrogens (tertiary/aromatic N) is 1. The number of aromatic carboxylic acids is 1. The van der Waals surface area contributed by atoms with Gasteiger partial charge in [0.2, 0.25) is 0 Å². The Morgan fingerprint density at radius 1 is 1.57 bits per heavy atom. The van der Waals surface area contributed by atoms with Gasteiger partial charge in [-0.25, -0.2) is 9.78 Å². The second kappa shape index (κ2) is 2.95. The highest BCUT2D eigenvalue weighted by Crippen LogP contribution is 2.27. The van der Waals surface area contributed by atoms with Gasteiger partial charge in [-0.15, -0.1) is 11.3 Å². The first kappa shape index (κ1) is 8.96. The molecule has 0 aliphatic carbocycles. The zero-order valence-corrected chi connectivity index (χ0v) is 8.26. The lowest BCUT2D eigenvalue weighted by atomic mass is 10.2. The Hall–Kier alpha value is -1.62. The van der Waals surface area contributed by atoms with E-state index in [9.17, 15) is 4.79 Å². The molecule has 0 unspecified atom stereocenters. The van der Waals surface area contributed by atoms with Gasteiger partial charge in [0.05, 0.1) is 20.8 Å². The molecule has 0 fully saturated rings. The number of benzene rings is 1. The molecule has 0 amide bonds. The predicted octanol–water partition coefficient (Wildman–Crippen LogP) is 1.89. The van der Waals surface area contributed by atoms with Crippen LogP contribution in [0.25, 0.3) is 10.2 Å². The Bertz CT molecular complexity index is 519. The maximum absolute atomic E-state index is 10.9. The number of thiazole rings is 1. The van der Waals surface area contributed by atoms with Crippen LogP contribution in [0, 0.1) is 6.92 Å². The predicted molar refractivity (Wildman–Crippen MR) is 55.7 cm³/mol. The number of carbonyl (C=O) groups is 1. The molecule has 0 bridgehead atoms. The van der Waals surface area contributed by atoms with Crippen molar-refractivity contribution in [3.63, 3.8) is 0 Å². The molecular formula is C9H8N2O2S. The molecule has 0 aliphatic rings. The second-order valence-corrected chi connectivity index (χ2v) is 4.19. The number of carboxylic acids is 1. The number of hydrogen-bond acceptors (Lipinski definition) is 4. The van der Waals surface area contributed by atoms with E-state index in [1.54, 1.807) is 6.07 Å². The average Bonchev–Trinajstić information content (AvgIpc) is 2.42. The Labute approximate surface area is 84.0 Å². The highest BCUT2D eigenvalue weighted by atomic mass is 32.1. The van der Waals surface area contributed by atoms with Gasteiger partial charge in [0, 0.05) is 5.69 Å². The number of nitrogen functional groups attached to an aromatic ring is 1. The molecular weight excluding hydrogens is 200 g/mol. The fourth-order valence-corrected chi connectivity index (χ4v) is 2.23. The third-order valence-electron chi connectivity index (χ3n) is 1.85. The van der Waals surface area contributed by atoms with Crippen LogP contribution >= 0.6 is 11.3 Å². The molecule has 0 saturated heterocycles. The lowest BCUT2D eigenvalue weighted by Gasteiger charge is -1.97. The molecule has 14 heavy (non-hydrogen) atoms. The van der Waals surface area contributed by atoms with E-state index in [4.69, 9.17) is 10.8 Å². The minimum atomic E-state index is -0.993. The minimum absolute atomic E-state index is 0.171. The first-order valence-electron chi connectivity index (χ1n) is 3.98. The molecule has 3 N–H and O–H groups in total. The van der Waals surface area contributed by atoms with Gasteiger partial charge in [0.15, 0.2) is 0 Å². The molecule has 0 saturated carbocycles. The number of aryl methyl sites for hydroxylation is 1. The van der Waals surface area contributed by atoms with E-state index in [-0.39, 0.29) is 5.56 Å². The number of anilines is 1. The minimum Gasteiger partial charge on any atom is -0.478 e. The van der Waals surface area contributed by atoms with E-state index < -0.39 is 5.97 Å². The summed E-state index contributed by atoms with van der Waals surface area (Å²) in [6.45, 7) is 1.84. The van der Waals surface area contributed by atoms with Gasteiger partial charge in [0.25, 0.3) is 0 Å². The van der Waals surface area contributed by atoms with E-state index in [1.165, 1.54) is 17.4 Å². The summed E-state index contributed by atoms with van der Waals surface area (Å²) in [7, 11) is 0. The first-order valence-corrected chi connectivity index (χ1v) is 4.79. The second-order valence-electron chi connectivity index (χ2n) is 2.95. The van der Waals surface area contributed by atoms with Gasteiger partial charge in [-0.1, -0.05) is 0 Å². The van der Waals surface area contributed by atoms with E-state index in [0.717, 1.165) is 9.71 Å². The number of nitrogens with two attached hydrogens (primary N) is 1. The lowest BCUT2D eigenvalue weighted by Crippen LogP contribution is -1.99. The van der Waals surface area contributed by atoms with Gasteiger partial charge < -0.3 is 10.8 Å². The summed E-state index contributed by atoms with van der Waals surface area (Å²) in [6, 6.07) is 3.18. The van der Waals surface area contributed by atoms with Crippen molar-refractivity contribution >= 4 is 33.2 Å². The summed E-state index contributed by atoms with van der Waals surface area (Å²) in [5, 5.41) is 9.77. The summed E-state index contributed by atoms with van der Waals surface area (Å²) in [6.07, 6.45) is 0. The van der Waals surface area contributed by atoms with Gasteiger partial charge in [-0.05, 0) is 19.1 Å². The van der Waals surface area contributed by atoms with E-state index in [2.05, 4.69) is 4.98 Å². The number of rotatable bonds is 1. The van der Waals surface area contributed by atoms with Crippen LogP contribution in [0.1, 0.15) is 15.4 Å². The Kier molecular flexibility index (Phi) is 1.89. The Morgan fingerprint density at radius 3 is 2.93 bits per heavy atom. The molecule has 0 aliphatic heterocycles. The molecule has 1 heterocycles. The number of fused-ring (bicyclic) bond motifs is 1. The van der Waals surface area contributed by atoms with Crippen molar-refractivity contribution in [1.82, 2.24) is 4.98 Å². The van der Waals surface area contributed by atoms with E-state index in [1.807, 2.05) is 6.92 Å². The topological polar surface area (TPSA) is 76.2 Å². The van der Waals surface area contributed by atoms with Crippen molar-refractivity contribution < 1.29 is 9.90 Å². The number of aromatic nitrogens is 1. The van der Waals surface area contributed by atoms with Crippen LogP contribution in [-0.4, -0.2) is 16.1 Å². The van der Waals surface area contributed by atoms with Gasteiger partial charge in [0.1, 0.15) is 0 Å². The molecule has 0 atom stereocenters. The summed E-state index contributed by atoms with van der Waals surface area (Å²) in [5.74, 6) is -0.993. The largest absolute Gasteiger partial charge is 0.478 e. The van der Waals surface area contributed by atoms with Crippen molar-refractivity contribution in [2.45, 2.75) is 6.92 Å². The summed E-state index contributed by atoms with van der Waals surface area (Å²) in [4.78, 5) is 15.0. The normalized spacial score (nSPS) is 10.6. The molecule has 1 aromatic carbocycles. The van der Waals surface area contributed by atoms with Crippen LogP contribution in [-0.2, 0) is 0 Å². The van der Waals surface area contributed by atoms with Crippen LogP contribution in [0.2, 0.25) is 0 Å². The molecule has 0 spiro atoms. The van der Waals surface area contributed by atoms with Crippen LogP contribution in [0.15, 0.2) is 12.1 Å². The van der Waals surface area contributed by atoms with Crippen LogP contribution < -0.4 is 5.73 Å². The van der Waals surface area contributed by atoms with Crippen molar-refractivity contribution in [2.24, 2.45) is 0 Å². The summed E-state index contributed by atoms with van der Waals surface area (Å²) in [5.41, 5.74) is 6.74. The molecule has 2 aromatic rings. The number of hydrogen-bond donors (Lipinski definition) is 2. The quantitative estimate of drug-likeness (QED) is 0.701. The standard InChI is InChI=1S/C9H8N2O2S/c1-4-11-8-6(9(12)13)2-5(10)3-7(8)14-4/h2-3H,10H2,1H3,(H,12,13). The zero-order chi connectivity index (χ0) is 10.3. The third kappa shape index (κ3) is 1.31. The molecule has 5 heteroatoms. The highest BCUT2D eigenvalue weighted by molar-refractivity contribution is 7.18.